The number of piperidine rings is 1. The predicted octanol–water partition coefficient (Wildman–Crippen LogP) is 4.54. The monoisotopic (exact) mass is 432 g/mol. The van der Waals surface area contributed by atoms with Gasteiger partial charge in [0.25, 0.3) is 11.8 Å². The number of likely N-dealkylation sites (tertiary alicyclic amines) is 1. The van der Waals surface area contributed by atoms with Crippen LogP contribution in [0.15, 0.2) is 72.8 Å². The maximum atomic E-state index is 13.0. The first-order valence-electron chi connectivity index (χ1n) is 10.6. The molecule has 1 aliphatic heterocycles. The van der Waals surface area contributed by atoms with E-state index in [1.807, 2.05) is 53.4 Å². The zero-order chi connectivity index (χ0) is 22.5. The number of hydrogen-bond donors (Lipinski definition) is 1. The molecule has 3 aromatic rings. The number of halogens is 1. The summed E-state index contributed by atoms with van der Waals surface area (Å²) < 4.78 is 18.5. The van der Waals surface area contributed by atoms with Crippen LogP contribution in [0.1, 0.15) is 33.6 Å². The van der Waals surface area contributed by atoms with Crippen molar-refractivity contribution in [3.8, 4) is 16.9 Å². The Bertz CT molecular complexity index is 1090. The number of benzene rings is 3. The van der Waals surface area contributed by atoms with Gasteiger partial charge in [-0.25, -0.2) is 4.39 Å². The number of ether oxygens (including phenoxy) is 1. The van der Waals surface area contributed by atoms with Crippen LogP contribution in [0.2, 0.25) is 0 Å². The number of nitrogens with zero attached hydrogens (tertiary/aromatic N) is 1. The molecular formula is C26H25FN2O3. The summed E-state index contributed by atoms with van der Waals surface area (Å²) >= 11 is 0. The zero-order valence-electron chi connectivity index (χ0n) is 17.9. The SMILES string of the molecule is COc1ccccc1-c1ccc(C(=O)N2CCC(NC(=O)c3ccc(F)cc3)CC2)cc1. The molecule has 0 saturated carbocycles. The van der Waals surface area contributed by atoms with E-state index in [0.717, 1.165) is 16.9 Å². The second-order valence-electron chi connectivity index (χ2n) is 7.82. The van der Waals surface area contributed by atoms with Gasteiger partial charge < -0.3 is 15.0 Å². The molecule has 1 fully saturated rings. The summed E-state index contributed by atoms with van der Waals surface area (Å²) in [7, 11) is 1.64. The molecule has 1 N–H and O–H groups in total. The number of amides is 2. The van der Waals surface area contributed by atoms with Crippen LogP contribution in [0.5, 0.6) is 5.75 Å². The second-order valence-corrected chi connectivity index (χ2v) is 7.82. The molecule has 0 atom stereocenters. The summed E-state index contributed by atoms with van der Waals surface area (Å²) in [5, 5.41) is 2.98. The van der Waals surface area contributed by atoms with E-state index in [4.69, 9.17) is 4.74 Å². The van der Waals surface area contributed by atoms with Crippen molar-refractivity contribution < 1.29 is 18.7 Å². The fourth-order valence-corrected chi connectivity index (χ4v) is 3.95. The third kappa shape index (κ3) is 4.80. The lowest BCUT2D eigenvalue weighted by atomic mass is 10.0. The van der Waals surface area contributed by atoms with Crippen LogP contribution < -0.4 is 10.1 Å². The maximum absolute atomic E-state index is 13.0. The topological polar surface area (TPSA) is 58.6 Å². The Morgan fingerprint density at radius 1 is 0.906 bits per heavy atom. The van der Waals surface area contributed by atoms with E-state index in [-0.39, 0.29) is 23.7 Å². The summed E-state index contributed by atoms with van der Waals surface area (Å²) in [4.78, 5) is 27.1. The lowest BCUT2D eigenvalue weighted by Gasteiger charge is -2.32. The van der Waals surface area contributed by atoms with Gasteiger partial charge in [-0.15, -0.1) is 0 Å². The minimum atomic E-state index is -0.371. The van der Waals surface area contributed by atoms with E-state index in [9.17, 15) is 14.0 Å². The van der Waals surface area contributed by atoms with Gasteiger partial charge in [0.1, 0.15) is 11.6 Å². The molecule has 2 amide bonds. The summed E-state index contributed by atoms with van der Waals surface area (Å²) in [6, 6.07) is 20.8. The lowest BCUT2D eigenvalue weighted by Crippen LogP contribution is -2.46. The highest BCUT2D eigenvalue weighted by molar-refractivity contribution is 5.95. The average molecular weight is 432 g/mol. The highest BCUT2D eigenvalue weighted by atomic mass is 19.1. The van der Waals surface area contributed by atoms with E-state index in [2.05, 4.69) is 5.32 Å². The van der Waals surface area contributed by atoms with Crippen molar-refractivity contribution in [1.29, 1.82) is 0 Å². The Morgan fingerprint density at radius 2 is 1.53 bits per heavy atom. The second kappa shape index (κ2) is 9.64. The van der Waals surface area contributed by atoms with Gasteiger partial charge in [-0.3, -0.25) is 9.59 Å². The van der Waals surface area contributed by atoms with Crippen LogP contribution in [0.4, 0.5) is 4.39 Å². The predicted molar refractivity (Wildman–Crippen MR) is 121 cm³/mol. The van der Waals surface area contributed by atoms with Crippen LogP contribution in [-0.2, 0) is 0 Å². The molecule has 164 valence electrons. The smallest absolute Gasteiger partial charge is 0.253 e. The van der Waals surface area contributed by atoms with Crippen LogP contribution in [-0.4, -0.2) is 43.0 Å². The fraction of sp³-hybridized carbons (Fsp3) is 0.231. The standard InChI is InChI=1S/C26H25FN2O3/c1-32-24-5-3-2-4-23(24)18-6-8-20(9-7-18)26(31)29-16-14-22(15-17-29)28-25(30)19-10-12-21(27)13-11-19/h2-13,22H,14-17H2,1H3,(H,28,30). The van der Waals surface area contributed by atoms with Crippen LogP contribution in [0.25, 0.3) is 11.1 Å². The quantitative estimate of drug-likeness (QED) is 0.644. The number of methoxy groups -OCH3 is 1. The molecule has 5 nitrogen and oxygen atoms in total. The molecule has 6 heteroatoms. The van der Waals surface area contributed by atoms with Gasteiger partial charge in [0.15, 0.2) is 0 Å². The van der Waals surface area contributed by atoms with Crippen LogP contribution in [0.3, 0.4) is 0 Å². The van der Waals surface area contributed by atoms with Gasteiger partial charge in [0, 0.05) is 35.8 Å². The maximum Gasteiger partial charge on any atom is 0.253 e. The number of nitrogens with one attached hydrogen (secondary N) is 1. The molecule has 1 aliphatic rings. The van der Waals surface area contributed by atoms with Crippen molar-refractivity contribution in [2.24, 2.45) is 0 Å². The minimum Gasteiger partial charge on any atom is -0.496 e. The summed E-state index contributed by atoms with van der Waals surface area (Å²) in [5.41, 5.74) is 3.03. The number of hydrogen-bond acceptors (Lipinski definition) is 3. The third-order valence-electron chi connectivity index (χ3n) is 5.77. The Hall–Kier alpha value is -3.67. The van der Waals surface area contributed by atoms with E-state index in [0.29, 0.717) is 37.1 Å². The van der Waals surface area contributed by atoms with Gasteiger partial charge in [0.2, 0.25) is 0 Å². The highest BCUT2D eigenvalue weighted by Crippen LogP contribution is 2.29. The number of carbonyl (C=O) groups excluding carboxylic acids is 2. The van der Waals surface area contributed by atoms with Crippen LogP contribution in [0, 0.1) is 5.82 Å². The molecule has 3 aromatic carbocycles. The van der Waals surface area contributed by atoms with Crippen molar-refractivity contribution in [3.05, 3.63) is 89.7 Å². The van der Waals surface area contributed by atoms with E-state index in [1.165, 1.54) is 24.3 Å². The minimum absolute atomic E-state index is 0.00970. The molecule has 0 spiro atoms. The number of para-hydroxylation sites is 1. The molecule has 0 unspecified atom stereocenters. The number of rotatable bonds is 5. The van der Waals surface area contributed by atoms with Crippen molar-refractivity contribution in [1.82, 2.24) is 10.2 Å². The molecule has 32 heavy (non-hydrogen) atoms. The molecular weight excluding hydrogens is 407 g/mol. The van der Waals surface area contributed by atoms with Crippen molar-refractivity contribution in [3.63, 3.8) is 0 Å². The van der Waals surface area contributed by atoms with E-state index < -0.39 is 0 Å². The fourth-order valence-electron chi connectivity index (χ4n) is 3.95. The van der Waals surface area contributed by atoms with E-state index in [1.54, 1.807) is 7.11 Å². The summed E-state index contributed by atoms with van der Waals surface area (Å²) in [6.07, 6.45) is 1.36. The largest absolute Gasteiger partial charge is 0.496 e. The average Bonchev–Trinajstić information content (AvgIpc) is 2.84. The zero-order valence-corrected chi connectivity index (χ0v) is 17.9. The molecule has 0 bridgehead atoms. The van der Waals surface area contributed by atoms with E-state index >= 15 is 0 Å². The number of carbonyl (C=O) groups is 2. The first kappa shape index (κ1) is 21.6. The first-order valence-corrected chi connectivity index (χ1v) is 10.6. The van der Waals surface area contributed by atoms with Gasteiger partial charge in [-0.2, -0.15) is 0 Å². The third-order valence-corrected chi connectivity index (χ3v) is 5.77. The summed E-state index contributed by atoms with van der Waals surface area (Å²) in [5.74, 6) is 0.183. The van der Waals surface area contributed by atoms with Gasteiger partial charge >= 0.3 is 0 Å². The van der Waals surface area contributed by atoms with Gasteiger partial charge in [-0.1, -0.05) is 30.3 Å². The van der Waals surface area contributed by atoms with Crippen molar-refractivity contribution >= 4 is 11.8 Å². The molecule has 0 radical (unpaired) electrons. The van der Waals surface area contributed by atoms with Crippen LogP contribution >= 0.6 is 0 Å². The van der Waals surface area contributed by atoms with Crippen molar-refractivity contribution in [2.75, 3.05) is 20.2 Å². The first-order chi connectivity index (χ1) is 15.5. The van der Waals surface area contributed by atoms with Gasteiger partial charge in [0.05, 0.1) is 7.11 Å². The molecule has 0 aliphatic carbocycles. The highest BCUT2D eigenvalue weighted by Gasteiger charge is 2.25. The van der Waals surface area contributed by atoms with Gasteiger partial charge in [-0.05, 0) is 60.9 Å². The molecule has 1 saturated heterocycles. The Kier molecular flexibility index (Phi) is 6.50. The molecule has 1 heterocycles. The lowest BCUT2D eigenvalue weighted by molar-refractivity contribution is 0.0698. The summed E-state index contributed by atoms with van der Waals surface area (Å²) in [6.45, 7) is 1.14. The Balaban J connectivity index is 1.34. The Morgan fingerprint density at radius 3 is 2.19 bits per heavy atom. The molecule has 4 rings (SSSR count). The molecule has 0 aromatic heterocycles. The Labute approximate surface area is 186 Å². The van der Waals surface area contributed by atoms with Crippen molar-refractivity contribution in [2.45, 2.75) is 18.9 Å². The normalized spacial score (nSPS) is 14.1.